The van der Waals surface area contributed by atoms with Gasteiger partial charge in [-0.15, -0.1) is 0 Å². The summed E-state index contributed by atoms with van der Waals surface area (Å²) in [5.41, 5.74) is 1.47. The number of hydrogen-bond donors (Lipinski definition) is 1. The van der Waals surface area contributed by atoms with Crippen molar-refractivity contribution in [3.8, 4) is 0 Å². The van der Waals surface area contributed by atoms with Crippen LogP contribution in [0.15, 0.2) is 18.3 Å². The van der Waals surface area contributed by atoms with Crippen LogP contribution >= 0.6 is 11.6 Å². The zero-order chi connectivity index (χ0) is 8.72. The Kier molecular flexibility index (Phi) is 1.58. The molecule has 0 aliphatic carbocycles. The van der Waals surface area contributed by atoms with E-state index in [-0.39, 0.29) is 5.82 Å². The number of benzene rings is 1. The Balaban J connectivity index is 2.98. The molecule has 2 aromatic rings. The van der Waals surface area contributed by atoms with Crippen molar-refractivity contribution in [2.24, 2.45) is 0 Å². The molecule has 0 spiro atoms. The molecule has 0 aliphatic rings. The van der Waals surface area contributed by atoms with Gasteiger partial charge in [0.25, 0.3) is 0 Å². The maximum absolute atomic E-state index is 13.1. The number of fused-ring (bicyclic) bond motifs is 1. The summed E-state index contributed by atoms with van der Waals surface area (Å²) in [6.45, 7) is 1.90. The molecule has 0 aliphatic heterocycles. The van der Waals surface area contributed by atoms with Gasteiger partial charge in [-0.25, -0.2) is 4.39 Å². The average Bonchev–Trinajstić information content (AvgIpc) is 2.42. The monoisotopic (exact) mass is 183 g/mol. The summed E-state index contributed by atoms with van der Waals surface area (Å²) in [5.74, 6) is -0.262. The van der Waals surface area contributed by atoms with Gasteiger partial charge in [-0.3, -0.25) is 0 Å². The van der Waals surface area contributed by atoms with Crippen LogP contribution in [0.1, 0.15) is 5.56 Å². The Bertz CT molecular complexity index is 433. The number of nitrogens with one attached hydrogen (secondary N) is 1. The number of halogens is 2. The highest BCUT2D eigenvalue weighted by Gasteiger charge is 2.07. The average molecular weight is 184 g/mol. The fraction of sp³-hybridized carbons (Fsp3) is 0.111. The van der Waals surface area contributed by atoms with Crippen molar-refractivity contribution in [1.82, 2.24) is 4.98 Å². The van der Waals surface area contributed by atoms with Crippen LogP contribution in [-0.4, -0.2) is 4.98 Å². The van der Waals surface area contributed by atoms with Crippen LogP contribution in [0.5, 0.6) is 0 Å². The van der Waals surface area contributed by atoms with Crippen LogP contribution < -0.4 is 0 Å². The molecule has 3 heteroatoms. The second-order valence-electron chi connectivity index (χ2n) is 2.75. The van der Waals surface area contributed by atoms with Crippen LogP contribution in [0.4, 0.5) is 4.39 Å². The largest absolute Gasteiger partial charge is 0.357 e. The van der Waals surface area contributed by atoms with E-state index in [2.05, 4.69) is 4.98 Å². The quantitative estimate of drug-likeness (QED) is 0.645. The molecule has 2 rings (SSSR count). The summed E-state index contributed by atoms with van der Waals surface area (Å²) in [7, 11) is 0. The van der Waals surface area contributed by atoms with E-state index in [1.54, 1.807) is 12.3 Å². The molecule has 1 N–H and O–H groups in total. The third kappa shape index (κ3) is 0.916. The van der Waals surface area contributed by atoms with Gasteiger partial charge in [0.2, 0.25) is 0 Å². The minimum atomic E-state index is -0.262. The van der Waals surface area contributed by atoms with E-state index in [1.165, 1.54) is 6.07 Å². The molecule has 0 saturated heterocycles. The van der Waals surface area contributed by atoms with E-state index < -0.39 is 0 Å². The maximum Gasteiger partial charge on any atom is 0.147 e. The van der Waals surface area contributed by atoms with Crippen LogP contribution in [-0.2, 0) is 0 Å². The fourth-order valence-electron chi connectivity index (χ4n) is 1.34. The zero-order valence-electron chi connectivity index (χ0n) is 6.49. The lowest BCUT2D eigenvalue weighted by Gasteiger charge is -1.96. The van der Waals surface area contributed by atoms with Crippen molar-refractivity contribution in [3.05, 3.63) is 34.7 Å². The number of aryl methyl sites for hydroxylation is 1. The number of rotatable bonds is 0. The van der Waals surface area contributed by atoms with Crippen LogP contribution in [0.3, 0.4) is 0 Å². The smallest absolute Gasteiger partial charge is 0.147 e. The molecular formula is C9H7ClFN. The molecule has 62 valence electrons. The Labute approximate surface area is 74.2 Å². The summed E-state index contributed by atoms with van der Waals surface area (Å²) < 4.78 is 13.1. The second-order valence-corrected chi connectivity index (χ2v) is 3.16. The Morgan fingerprint density at radius 2 is 2.17 bits per heavy atom. The van der Waals surface area contributed by atoms with Gasteiger partial charge in [-0.1, -0.05) is 17.7 Å². The normalized spacial score (nSPS) is 10.9. The van der Waals surface area contributed by atoms with Gasteiger partial charge in [-0.2, -0.15) is 0 Å². The summed E-state index contributed by atoms with van der Waals surface area (Å²) in [4.78, 5) is 2.79. The topological polar surface area (TPSA) is 15.8 Å². The first-order valence-electron chi connectivity index (χ1n) is 3.62. The van der Waals surface area contributed by atoms with Gasteiger partial charge in [0.05, 0.1) is 10.5 Å². The first-order valence-corrected chi connectivity index (χ1v) is 3.99. The molecule has 0 radical (unpaired) electrons. The zero-order valence-corrected chi connectivity index (χ0v) is 7.24. The van der Waals surface area contributed by atoms with Gasteiger partial charge in [0.15, 0.2) is 0 Å². The van der Waals surface area contributed by atoms with Crippen molar-refractivity contribution in [3.63, 3.8) is 0 Å². The molecule has 0 unspecified atom stereocenters. The molecule has 12 heavy (non-hydrogen) atoms. The minimum Gasteiger partial charge on any atom is -0.357 e. The van der Waals surface area contributed by atoms with E-state index in [0.717, 1.165) is 10.9 Å². The predicted molar refractivity (Wildman–Crippen MR) is 48.0 cm³/mol. The van der Waals surface area contributed by atoms with E-state index in [4.69, 9.17) is 11.6 Å². The fourth-order valence-corrected chi connectivity index (χ4v) is 1.64. The van der Waals surface area contributed by atoms with Gasteiger partial charge in [0.1, 0.15) is 5.82 Å². The highest BCUT2D eigenvalue weighted by Crippen LogP contribution is 2.27. The number of aromatic nitrogens is 1. The van der Waals surface area contributed by atoms with E-state index >= 15 is 0 Å². The maximum atomic E-state index is 13.1. The molecule has 0 bridgehead atoms. The van der Waals surface area contributed by atoms with Crippen molar-refractivity contribution < 1.29 is 4.39 Å². The Morgan fingerprint density at radius 1 is 1.42 bits per heavy atom. The lowest BCUT2D eigenvalue weighted by atomic mass is 10.1. The standard InChI is InChI=1S/C9H7ClFN/c1-5-2-3-7(11)9-8(5)6(10)4-12-9/h2-4,12H,1H3. The molecule has 1 nitrogen and oxygen atoms in total. The van der Waals surface area contributed by atoms with Gasteiger partial charge in [-0.05, 0) is 18.6 Å². The third-order valence-corrected chi connectivity index (χ3v) is 2.24. The van der Waals surface area contributed by atoms with Crippen molar-refractivity contribution in [2.45, 2.75) is 6.92 Å². The lowest BCUT2D eigenvalue weighted by molar-refractivity contribution is 0.637. The first-order chi connectivity index (χ1) is 5.70. The van der Waals surface area contributed by atoms with Crippen LogP contribution in [0, 0.1) is 12.7 Å². The minimum absolute atomic E-state index is 0.262. The second kappa shape index (κ2) is 2.49. The van der Waals surface area contributed by atoms with E-state index in [9.17, 15) is 4.39 Å². The van der Waals surface area contributed by atoms with Crippen LogP contribution in [0.25, 0.3) is 10.9 Å². The number of aromatic amines is 1. The SMILES string of the molecule is Cc1ccc(F)c2[nH]cc(Cl)c12. The molecule has 0 atom stereocenters. The van der Waals surface area contributed by atoms with E-state index in [0.29, 0.717) is 10.5 Å². The lowest BCUT2D eigenvalue weighted by Crippen LogP contribution is -1.80. The number of hydrogen-bond acceptors (Lipinski definition) is 0. The van der Waals surface area contributed by atoms with Gasteiger partial charge >= 0.3 is 0 Å². The molecule has 0 fully saturated rings. The van der Waals surface area contributed by atoms with Crippen molar-refractivity contribution in [1.29, 1.82) is 0 Å². The Morgan fingerprint density at radius 3 is 2.83 bits per heavy atom. The van der Waals surface area contributed by atoms with Crippen LogP contribution in [0.2, 0.25) is 5.02 Å². The van der Waals surface area contributed by atoms with Gasteiger partial charge < -0.3 is 4.98 Å². The molecule has 1 aromatic heterocycles. The summed E-state index contributed by atoms with van der Waals surface area (Å²) in [5, 5.41) is 1.35. The molecule has 0 saturated carbocycles. The third-order valence-electron chi connectivity index (χ3n) is 1.94. The van der Waals surface area contributed by atoms with E-state index in [1.807, 2.05) is 6.92 Å². The van der Waals surface area contributed by atoms with Gasteiger partial charge in [0, 0.05) is 11.6 Å². The molecular weight excluding hydrogens is 177 g/mol. The molecule has 1 heterocycles. The summed E-state index contributed by atoms with van der Waals surface area (Å²) >= 11 is 5.85. The Hall–Kier alpha value is -1.02. The van der Waals surface area contributed by atoms with Crippen molar-refractivity contribution in [2.75, 3.05) is 0 Å². The summed E-state index contributed by atoms with van der Waals surface area (Å²) in [6, 6.07) is 3.15. The number of H-pyrrole nitrogens is 1. The van der Waals surface area contributed by atoms with Crippen molar-refractivity contribution >= 4 is 22.5 Å². The highest BCUT2D eigenvalue weighted by molar-refractivity contribution is 6.35. The predicted octanol–water partition coefficient (Wildman–Crippen LogP) is 3.27. The summed E-state index contributed by atoms with van der Waals surface area (Å²) in [6.07, 6.45) is 1.60. The molecule has 0 amide bonds. The highest BCUT2D eigenvalue weighted by atomic mass is 35.5. The first kappa shape index (κ1) is 7.62. The molecule has 1 aromatic carbocycles.